The summed E-state index contributed by atoms with van der Waals surface area (Å²) in [5, 5.41) is 9.84. The van der Waals surface area contributed by atoms with Crippen molar-refractivity contribution >= 4 is 11.6 Å². The summed E-state index contributed by atoms with van der Waals surface area (Å²) in [5.41, 5.74) is 5.84. The second-order valence-electron chi connectivity index (χ2n) is 5.84. The molecule has 0 bridgehead atoms. The van der Waals surface area contributed by atoms with Gasteiger partial charge in [-0.05, 0) is 26.0 Å². The highest BCUT2D eigenvalue weighted by molar-refractivity contribution is 5.91. The van der Waals surface area contributed by atoms with Crippen LogP contribution >= 0.6 is 0 Å². The molecule has 2 heterocycles. The first-order valence-corrected chi connectivity index (χ1v) is 6.81. The molecule has 110 valence electrons. The van der Waals surface area contributed by atoms with Crippen LogP contribution in [-0.2, 0) is 0 Å². The molecule has 1 aliphatic heterocycles. The molecule has 1 saturated heterocycles. The van der Waals surface area contributed by atoms with Crippen molar-refractivity contribution in [3.63, 3.8) is 0 Å². The number of aromatic nitrogens is 1. The Bertz CT molecular complexity index is 476. The summed E-state index contributed by atoms with van der Waals surface area (Å²) in [7, 11) is 0. The van der Waals surface area contributed by atoms with Crippen LogP contribution in [0.5, 0.6) is 0 Å². The lowest BCUT2D eigenvalue weighted by Crippen LogP contribution is -2.50. The molecule has 0 unspecified atom stereocenters. The number of hydrogen-bond acceptors (Lipinski definition) is 5. The normalized spacial score (nSPS) is 17.2. The maximum absolute atomic E-state index is 11.1. The SMILES string of the molecule is CC(C)(O)CN1CCN(c2ccnc(C(N)=O)c2)CC1. The Balaban J connectivity index is 1.97. The van der Waals surface area contributed by atoms with Gasteiger partial charge >= 0.3 is 0 Å². The van der Waals surface area contributed by atoms with Crippen LogP contribution < -0.4 is 10.6 Å². The molecular weight excluding hydrogens is 256 g/mol. The Morgan fingerprint density at radius 3 is 2.60 bits per heavy atom. The zero-order valence-corrected chi connectivity index (χ0v) is 12.0. The van der Waals surface area contributed by atoms with Gasteiger partial charge in [0.1, 0.15) is 5.69 Å². The average molecular weight is 278 g/mol. The molecule has 0 saturated carbocycles. The molecule has 0 radical (unpaired) electrons. The molecule has 1 aromatic heterocycles. The second kappa shape index (κ2) is 5.76. The number of aliphatic hydroxyl groups is 1. The first kappa shape index (κ1) is 14.7. The summed E-state index contributed by atoms with van der Waals surface area (Å²) in [4.78, 5) is 19.5. The third kappa shape index (κ3) is 3.91. The Labute approximate surface area is 119 Å². The summed E-state index contributed by atoms with van der Waals surface area (Å²) in [6.07, 6.45) is 1.61. The largest absolute Gasteiger partial charge is 0.389 e. The number of hydrogen-bond donors (Lipinski definition) is 2. The minimum atomic E-state index is -0.669. The molecule has 0 atom stereocenters. The van der Waals surface area contributed by atoms with Gasteiger partial charge < -0.3 is 15.7 Å². The van der Waals surface area contributed by atoms with Crippen LogP contribution in [0.15, 0.2) is 18.3 Å². The minimum Gasteiger partial charge on any atom is -0.389 e. The number of rotatable bonds is 4. The molecule has 0 spiro atoms. The van der Waals surface area contributed by atoms with Crippen LogP contribution in [-0.4, -0.2) is 59.2 Å². The lowest BCUT2D eigenvalue weighted by atomic mass is 10.1. The molecular formula is C14H22N4O2. The van der Waals surface area contributed by atoms with Crippen LogP contribution in [0.1, 0.15) is 24.3 Å². The predicted molar refractivity (Wildman–Crippen MR) is 77.7 cm³/mol. The van der Waals surface area contributed by atoms with E-state index in [-0.39, 0.29) is 0 Å². The van der Waals surface area contributed by atoms with Crippen LogP contribution in [0.3, 0.4) is 0 Å². The van der Waals surface area contributed by atoms with Crippen LogP contribution in [0.2, 0.25) is 0 Å². The van der Waals surface area contributed by atoms with E-state index in [1.165, 1.54) is 0 Å². The van der Waals surface area contributed by atoms with Gasteiger partial charge in [-0.1, -0.05) is 0 Å². The van der Waals surface area contributed by atoms with Crippen molar-refractivity contribution in [2.75, 3.05) is 37.6 Å². The predicted octanol–water partition coefficient (Wildman–Crippen LogP) is 0.0734. The molecule has 1 aliphatic rings. The monoisotopic (exact) mass is 278 g/mol. The van der Waals surface area contributed by atoms with Gasteiger partial charge in [0.05, 0.1) is 5.60 Å². The van der Waals surface area contributed by atoms with Crippen molar-refractivity contribution in [1.82, 2.24) is 9.88 Å². The highest BCUT2D eigenvalue weighted by Gasteiger charge is 2.23. The second-order valence-corrected chi connectivity index (χ2v) is 5.84. The summed E-state index contributed by atoms with van der Waals surface area (Å²) < 4.78 is 0. The van der Waals surface area contributed by atoms with Crippen molar-refractivity contribution in [3.8, 4) is 0 Å². The highest BCUT2D eigenvalue weighted by Crippen LogP contribution is 2.17. The van der Waals surface area contributed by atoms with Crippen molar-refractivity contribution < 1.29 is 9.90 Å². The van der Waals surface area contributed by atoms with E-state index in [0.717, 1.165) is 31.9 Å². The molecule has 3 N–H and O–H groups in total. The van der Waals surface area contributed by atoms with Gasteiger partial charge in [0, 0.05) is 44.6 Å². The minimum absolute atomic E-state index is 0.293. The number of β-amino-alcohol motifs (C(OH)–C–C–N with tert-alkyl or cyclic N) is 1. The topological polar surface area (TPSA) is 82.7 Å². The molecule has 6 nitrogen and oxygen atoms in total. The van der Waals surface area contributed by atoms with Crippen LogP contribution in [0.25, 0.3) is 0 Å². The Kier molecular flexibility index (Phi) is 4.25. The van der Waals surface area contributed by atoms with E-state index in [1.807, 2.05) is 19.9 Å². The number of carbonyl (C=O) groups excluding carboxylic acids is 1. The van der Waals surface area contributed by atoms with Crippen molar-refractivity contribution in [2.45, 2.75) is 19.4 Å². The number of piperazine rings is 1. The maximum Gasteiger partial charge on any atom is 0.267 e. The Morgan fingerprint density at radius 1 is 1.40 bits per heavy atom. The molecule has 20 heavy (non-hydrogen) atoms. The summed E-state index contributed by atoms with van der Waals surface area (Å²) >= 11 is 0. The smallest absolute Gasteiger partial charge is 0.267 e. The lowest BCUT2D eigenvalue weighted by Gasteiger charge is -2.38. The molecule has 1 aromatic rings. The van der Waals surface area contributed by atoms with Crippen molar-refractivity contribution in [3.05, 3.63) is 24.0 Å². The Hall–Kier alpha value is -1.66. The lowest BCUT2D eigenvalue weighted by molar-refractivity contribution is 0.0345. The number of carbonyl (C=O) groups is 1. The molecule has 0 aliphatic carbocycles. The van der Waals surface area contributed by atoms with E-state index in [0.29, 0.717) is 12.2 Å². The maximum atomic E-state index is 11.1. The third-order valence-corrected chi connectivity index (χ3v) is 3.34. The van der Waals surface area contributed by atoms with E-state index < -0.39 is 11.5 Å². The summed E-state index contributed by atoms with van der Waals surface area (Å²) in [5.74, 6) is -0.507. The quantitative estimate of drug-likeness (QED) is 0.814. The number of amides is 1. The van der Waals surface area contributed by atoms with E-state index in [2.05, 4.69) is 14.8 Å². The molecule has 6 heteroatoms. The Morgan fingerprint density at radius 2 is 2.05 bits per heavy atom. The van der Waals surface area contributed by atoms with Crippen molar-refractivity contribution in [2.24, 2.45) is 5.73 Å². The third-order valence-electron chi connectivity index (χ3n) is 3.34. The van der Waals surface area contributed by atoms with Gasteiger partial charge in [-0.25, -0.2) is 0 Å². The molecule has 2 rings (SSSR count). The van der Waals surface area contributed by atoms with E-state index in [9.17, 15) is 9.90 Å². The fourth-order valence-corrected chi connectivity index (χ4v) is 2.46. The summed E-state index contributed by atoms with van der Waals surface area (Å²) in [6.45, 7) is 7.81. The number of pyridine rings is 1. The molecule has 1 fully saturated rings. The number of anilines is 1. The fraction of sp³-hybridized carbons (Fsp3) is 0.571. The van der Waals surface area contributed by atoms with Gasteiger partial charge in [-0.15, -0.1) is 0 Å². The zero-order valence-electron chi connectivity index (χ0n) is 12.0. The number of nitrogens with two attached hydrogens (primary N) is 1. The molecule has 0 aromatic carbocycles. The standard InChI is InChI=1S/C14H22N4O2/c1-14(2,20)10-17-5-7-18(8-6-17)11-3-4-16-12(9-11)13(15)19/h3-4,9,20H,5-8,10H2,1-2H3,(H2,15,19). The summed E-state index contributed by atoms with van der Waals surface area (Å²) in [6, 6.07) is 3.62. The van der Waals surface area contributed by atoms with Crippen molar-refractivity contribution in [1.29, 1.82) is 0 Å². The van der Waals surface area contributed by atoms with Crippen LogP contribution in [0.4, 0.5) is 5.69 Å². The number of primary amides is 1. The van der Waals surface area contributed by atoms with E-state index in [4.69, 9.17) is 5.73 Å². The van der Waals surface area contributed by atoms with Gasteiger partial charge in [0.15, 0.2) is 0 Å². The van der Waals surface area contributed by atoms with Crippen LogP contribution in [0, 0.1) is 0 Å². The number of nitrogens with zero attached hydrogens (tertiary/aromatic N) is 3. The van der Waals surface area contributed by atoms with E-state index in [1.54, 1.807) is 12.3 Å². The van der Waals surface area contributed by atoms with Gasteiger partial charge in [0.2, 0.25) is 0 Å². The highest BCUT2D eigenvalue weighted by atomic mass is 16.3. The van der Waals surface area contributed by atoms with E-state index >= 15 is 0 Å². The van der Waals surface area contributed by atoms with Gasteiger partial charge in [-0.3, -0.25) is 14.7 Å². The first-order valence-electron chi connectivity index (χ1n) is 6.81. The average Bonchev–Trinajstić information content (AvgIpc) is 2.38. The molecule has 1 amide bonds. The fourth-order valence-electron chi connectivity index (χ4n) is 2.46. The first-order chi connectivity index (χ1) is 9.35. The van der Waals surface area contributed by atoms with Gasteiger partial charge in [0.25, 0.3) is 5.91 Å². The zero-order chi connectivity index (χ0) is 14.8. The van der Waals surface area contributed by atoms with Gasteiger partial charge in [-0.2, -0.15) is 0 Å².